The smallest absolute Gasteiger partial charge is 0.0768 e. The van der Waals surface area contributed by atoms with Crippen LogP contribution >= 0.6 is 0 Å². The van der Waals surface area contributed by atoms with Crippen molar-refractivity contribution in [1.82, 2.24) is 4.90 Å². The van der Waals surface area contributed by atoms with Crippen LogP contribution in [0.4, 0.5) is 0 Å². The molecule has 1 aliphatic heterocycles. The highest BCUT2D eigenvalue weighted by molar-refractivity contribution is 4.85. The minimum Gasteiger partial charge on any atom is -0.389 e. The summed E-state index contributed by atoms with van der Waals surface area (Å²) in [5.74, 6) is 0.280. The zero-order chi connectivity index (χ0) is 11.6. The molecular weight excluding hydrogens is 190 g/mol. The summed E-state index contributed by atoms with van der Waals surface area (Å²) in [6.45, 7) is 12.7. The lowest BCUT2D eigenvalue weighted by Gasteiger charge is -2.41. The van der Waals surface area contributed by atoms with Crippen molar-refractivity contribution >= 4 is 0 Å². The largest absolute Gasteiger partial charge is 0.389 e. The van der Waals surface area contributed by atoms with Crippen LogP contribution in [-0.4, -0.2) is 47.4 Å². The molecule has 3 heteroatoms. The molecule has 90 valence electrons. The molecule has 1 N–H and O–H groups in total. The predicted molar refractivity (Wildman–Crippen MR) is 61.9 cm³/mol. The van der Waals surface area contributed by atoms with Crippen molar-refractivity contribution in [2.45, 2.75) is 52.4 Å². The predicted octanol–water partition coefficient (Wildman–Crippen LogP) is 1.50. The van der Waals surface area contributed by atoms with Crippen LogP contribution < -0.4 is 0 Å². The average Bonchev–Trinajstić information content (AvgIpc) is 2.10. The van der Waals surface area contributed by atoms with E-state index in [9.17, 15) is 5.11 Å². The molecule has 3 unspecified atom stereocenters. The van der Waals surface area contributed by atoms with E-state index in [1.54, 1.807) is 0 Å². The molecule has 0 aliphatic carbocycles. The summed E-state index contributed by atoms with van der Waals surface area (Å²) >= 11 is 0. The van der Waals surface area contributed by atoms with Gasteiger partial charge in [-0.2, -0.15) is 0 Å². The highest BCUT2D eigenvalue weighted by Crippen LogP contribution is 2.21. The molecule has 0 aromatic carbocycles. The van der Waals surface area contributed by atoms with Gasteiger partial charge in [-0.05, 0) is 26.7 Å². The third-order valence-corrected chi connectivity index (χ3v) is 3.50. The molecule has 1 saturated heterocycles. The molecule has 0 saturated carbocycles. The van der Waals surface area contributed by atoms with Gasteiger partial charge < -0.3 is 9.84 Å². The SMILES string of the molecule is CC1CN(CC(C)(O)C(C)C)C(C)CO1. The maximum Gasteiger partial charge on any atom is 0.0768 e. The lowest BCUT2D eigenvalue weighted by molar-refractivity contribution is -0.0903. The Kier molecular flexibility index (Phi) is 4.15. The summed E-state index contributed by atoms with van der Waals surface area (Å²) in [6.07, 6.45) is 0.282. The molecule has 0 spiro atoms. The minimum atomic E-state index is -0.606. The van der Waals surface area contributed by atoms with E-state index in [-0.39, 0.29) is 12.0 Å². The molecular formula is C12H25NO2. The van der Waals surface area contributed by atoms with Gasteiger partial charge in [-0.1, -0.05) is 13.8 Å². The van der Waals surface area contributed by atoms with Crippen LogP contribution in [0.3, 0.4) is 0 Å². The summed E-state index contributed by atoms with van der Waals surface area (Å²) < 4.78 is 5.57. The first-order valence-electron chi connectivity index (χ1n) is 5.91. The molecule has 15 heavy (non-hydrogen) atoms. The Morgan fingerprint density at radius 3 is 2.60 bits per heavy atom. The van der Waals surface area contributed by atoms with Crippen LogP contribution in [0.15, 0.2) is 0 Å². The van der Waals surface area contributed by atoms with Gasteiger partial charge in [-0.3, -0.25) is 4.90 Å². The Morgan fingerprint density at radius 2 is 2.07 bits per heavy atom. The molecule has 1 fully saturated rings. The lowest BCUT2D eigenvalue weighted by atomic mass is 9.91. The van der Waals surface area contributed by atoms with Crippen molar-refractivity contribution in [3.8, 4) is 0 Å². The van der Waals surface area contributed by atoms with Crippen molar-refractivity contribution in [1.29, 1.82) is 0 Å². The van der Waals surface area contributed by atoms with Gasteiger partial charge in [-0.25, -0.2) is 0 Å². The normalized spacial score (nSPS) is 33.0. The number of hydrogen-bond donors (Lipinski definition) is 1. The van der Waals surface area contributed by atoms with E-state index in [4.69, 9.17) is 4.74 Å². The second-order valence-electron chi connectivity index (χ2n) is 5.43. The number of ether oxygens (including phenoxy) is 1. The number of β-amino-alcohol motifs (C(OH)–C–C–N with tert-alkyl or cyclic N) is 1. The number of aliphatic hydroxyl groups is 1. The van der Waals surface area contributed by atoms with Gasteiger partial charge in [0.2, 0.25) is 0 Å². The second kappa shape index (κ2) is 4.81. The molecule has 0 aromatic rings. The second-order valence-corrected chi connectivity index (χ2v) is 5.43. The van der Waals surface area contributed by atoms with Gasteiger partial charge in [0.05, 0.1) is 18.3 Å². The van der Waals surface area contributed by atoms with E-state index in [1.165, 1.54) is 0 Å². The first kappa shape index (κ1) is 12.9. The van der Waals surface area contributed by atoms with Gasteiger partial charge in [0.1, 0.15) is 0 Å². The molecule has 0 aromatic heterocycles. The fraction of sp³-hybridized carbons (Fsp3) is 1.00. The van der Waals surface area contributed by atoms with Crippen LogP contribution in [0.25, 0.3) is 0 Å². The van der Waals surface area contributed by atoms with Gasteiger partial charge in [-0.15, -0.1) is 0 Å². The standard InChI is InChI=1S/C12H25NO2/c1-9(2)12(5,14)8-13-6-11(4)15-7-10(13)3/h9-11,14H,6-8H2,1-5H3. The van der Waals surface area contributed by atoms with Crippen molar-refractivity contribution in [2.75, 3.05) is 19.7 Å². The van der Waals surface area contributed by atoms with Crippen LogP contribution in [0, 0.1) is 5.92 Å². The van der Waals surface area contributed by atoms with Crippen LogP contribution in [0.5, 0.6) is 0 Å². The van der Waals surface area contributed by atoms with Crippen molar-refractivity contribution in [3.05, 3.63) is 0 Å². The Morgan fingerprint density at radius 1 is 1.47 bits per heavy atom. The van der Waals surface area contributed by atoms with Crippen LogP contribution in [0.1, 0.15) is 34.6 Å². The van der Waals surface area contributed by atoms with Crippen molar-refractivity contribution in [2.24, 2.45) is 5.92 Å². The molecule has 1 rings (SSSR count). The molecule has 0 amide bonds. The first-order chi connectivity index (χ1) is 6.83. The molecule has 0 radical (unpaired) electrons. The highest BCUT2D eigenvalue weighted by Gasteiger charge is 2.32. The Hall–Kier alpha value is -0.120. The van der Waals surface area contributed by atoms with E-state index < -0.39 is 5.60 Å². The Balaban J connectivity index is 2.55. The zero-order valence-corrected chi connectivity index (χ0v) is 10.7. The molecule has 1 aliphatic rings. The van der Waals surface area contributed by atoms with E-state index in [0.29, 0.717) is 6.04 Å². The minimum absolute atomic E-state index is 0.280. The van der Waals surface area contributed by atoms with Crippen molar-refractivity contribution in [3.63, 3.8) is 0 Å². The molecule has 3 atom stereocenters. The summed E-state index contributed by atoms with van der Waals surface area (Å²) in [4.78, 5) is 2.33. The van der Waals surface area contributed by atoms with E-state index >= 15 is 0 Å². The van der Waals surface area contributed by atoms with Gasteiger partial charge in [0.25, 0.3) is 0 Å². The fourth-order valence-corrected chi connectivity index (χ4v) is 1.79. The van der Waals surface area contributed by atoms with Gasteiger partial charge in [0.15, 0.2) is 0 Å². The van der Waals surface area contributed by atoms with E-state index in [1.807, 2.05) is 6.92 Å². The Bertz CT molecular complexity index is 204. The first-order valence-corrected chi connectivity index (χ1v) is 5.91. The van der Waals surface area contributed by atoms with Crippen molar-refractivity contribution < 1.29 is 9.84 Å². The van der Waals surface area contributed by atoms with E-state index in [0.717, 1.165) is 19.7 Å². The lowest BCUT2D eigenvalue weighted by Crippen LogP contribution is -2.54. The summed E-state index contributed by atoms with van der Waals surface area (Å²) in [5.41, 5.74) is -0.606. The van der Waals surface area contributed by atoms with Gasteiger partial charge in [0, 0.05) is 19.1 Å². The highest BCUT2D eigenvalue weighted by atomic mass is 16.5. The molecule has 3 nitrogen and oxygen atoms in total. The molecule has 0 bridgehead atoms. The molecule has 1 heterocycles. The number of morpholine rings is 1. The summed E-state index contributed by atoms with van der Waals surface area (Å²) in [7, 11) is 0. The fourth-order valence-electron chi connectivity index (χ4n) is 1.79. The zero-order valence-electron chi connectivity index (χ0n) is 10.7. The Labute approximate surface area is 93.4 Å². The number of hydrogen-bond acceptors (Lipinski definition) is 3. The number of rotatable bonds is 3. The third-order valence-electron chi connectivity index (χ3n) is 3.50. The third kappa shape index (κ3) is 3.44. The van der Waals surface area contributed by atoms with Crippen LogP contribution in [-0.2, 0) is 4.74 Å². The average molecular weight is 215 g/mol. The van der Waals surface area contributed by atoms with E-state index in [2.05, 4.69) is 32.6 Å². The monoisotopic (exact) mass is 215 g/mol. The summed E-state index contributed by atoms with van der Waals surface area (Å²) in [5, 5.41) is 10.3. The number of nitrogens with zero attached hydrogens (tertiary/aromatic N) is 1. The maximum atomic E-state index is 10.3. The maximum absolute atomic E-state index is 10.3. The van der Waals surface area contributed by atoms with Crippen LogP contribution in [0.2, 0.25) is 0 Å². The topological polar surface area (TPSA) is 32.7 Å². The van der Waals surface area contributed by atoms with Gasteiger partial charge >= 0.3 is 0 Å². The summed E-state index contributed by atoms with van der Waals surface area (Å²) in [6, 6.07) is 0.409. The quantitative estimate of drug-likeness (QED) is 0.774.